The highest BCUT2D eigenvalue weighted by Gasteiger charge is 2.15. The molecule has 0 unspecified atom stereocenters. The van der Waals surface area contributed by atoms with Gasteiger partial charge in [-0.15, -0.1) is 0 Å². The van der Waals surface area contributed by atoms with Gasteiger partial charge in [0.25, 0.3) is 0 Å². The van der Waals surface area contributed by atoms with E-state index in [2.05, 4.69) is 5.32 Å². The SMILES string of the molecule is Cc1ccccc1CNC(=O)CCCC(=O)c1ccc2c(c1)OCCO2. The quantitative estimate of drug-likeness (QED) is 0.775. The fourth-order valence-electron chi connectivity index (χ4n) is 2.86. The van der Waals surface area contributed by atoms with Crippen LogP contribution >= 0.6 is 0 Å². The summed E-state index contributed by atoms with van der Waals surface area (Å²) in [5.74, 6) is 1.25. The number of Topliss-reactive ketones (excluding diaryl/α,β-unsaturated/α-hetero) is 1. The highest BCUT2D eigenvalue weighted by Crippen LogP contribution is 2.31. The minimum atomic E-state index is -0.0387. The Bertz CT molecular complexity index is 800. The first-order valence-corrected chi connectivity index (χ1v) is 8.87. The zero-order chi connectivity index (χ0) is 18.4. The Morgan fingerprint density at radius 2 is 1.77 bits per heavy atom. The molecule has 2 aromatic rings. The van der Waals surface area contributed by atoms with Crippen molar-refractivity contribution in [2.75, 3.05) is 13.2 Å². The fraction of sp³-hybridized carbons (Fsp3) is 0.333. The molecule has 1 N–H and O–H groups in total. The van der Waals surface area contributed by atoms with Gasteiger partial charge in [0.15, 0.2) is 17.3 Å². The van der Waals surface area contributed by atoms with Crippen molar-refractivity contribution in [3.05, 3.63) is 59.2 Å². The first kappa shape index (κ1) is 18.0. The summed E-state index contributed by atoms with van der Waals surface area (Å²) in [6.07, 6.45) is 1.19. The fourth-order valence-corrected chi connectivity index (χ4v) is 2.86. The van der Waals surface area contributed by atoms with Gasteiger partial charge in [-0.25, -0.2) is 0 Å². The third-order valence-corrected chi connectivity index (χ3v) is 4.41. The molecule has 0 fully saturated rings. The van der Waals surface area contributed by atoms with E-state index in [9.17, 15) is 9.59 Å². The second-order valence-corrected chi connectivity index (χ2v) is 6.34. The smallest absolute Gasteiger partial charge is 0.220 e. The molecular weight excluding hydrogens is 330 g/mol. The van der Waals surface area contributed by atoms with Gasteiger partial charge in [0, 0.05) is 24.9 Å². The topological polar surface area (TPSA) is 64.6 Å². The average molecular weight is 353 g/mol. The third kappa shape index (κ3) is 4.63. The molecule has 0 saturated carbocycles. The van der Waals surface area contributed by atoms with Crippen molar-refractivity contribution in [3.63, 3.8) is 0 Å². The number of hydrogen-bond acceptors (Lipinski definition) is 4. The molecule has 136 valence electrons. The van der Waals surface area contributed by atoms with E-state index in [0.29, 0.717) is 56.1 Å². The van der Waals surface area contributed by atoms with E-state index in [1.165, 1.54) is 0 Å². The van der Waals surface area contributed by atoms with E-state index in [0.717, 1.165) is 11.1 Å². The summed E-state index contributed by atoms with van der Waals surface area (Å²) in [6, 6.07) is 13.2. The number of amides is 1. The zero-order valence-electron chi connectivity index (χ0n) is 14.9. The number of ether oxygens (including phenoxy) is 2. The predicted molar refractivity (Wildman–Crippen MR) is 98.6 cm³/mol. The van der Waals surface area contributed by atoms with Crippen LogP contribution in [0.5, 0.6) is 11.5 Å². The van der Waals surface area contributed by atoms with Gasteiger partial charge in [0.1, 0.15) is 13.2 Å². The molecule has 1 aliphatic heterocycles. The predicted octanol–water partition coefficient (Wildman–Crippen LogP) is 3.44. The molecular formula is C21H23NO4. The highest BCUT2D eigenvalue weighted by atomic mass is 16.6. The van der Waals surface area contributed by atoms with Gasteiger partial charge in [0.05, 0.1) is 0 Å². The number of carbonyl (C=O) groups excluding carboxylic acids is 2. The molecule has 0 spiro atoms. The van der Waals surface area contributed by atoms with E-state index in [4.69, 9.17) is 9.47 Å². The Balaban J connectivity index is 1.43. The Kier molecular flexibility index (Phi) is 5.89. The molecule has 3 rings (SSSR count). The lowest BCUT2D eigenvalue weighted by atomic mass is 10.0. The largest absolute Gasteiger partial charge is 0.486 e. The van der Waals surface area contributed by atoms with Crippen molar-refractivity contribution in [2.24, 2.45) is 0 Å². The summed E-state index contributed by atoms with van der Waals surface area (Å²) >= 11 is 0. The van der Waals surface area contributed by atoms with Crippen LogP contribution in [0.3, 0.4) is 0 Å². The molecule has 0 atom stereocenters. The molecule has 1 amide bonds. The summed E-state index contributed by atoms with van der Waals surface area (Å²) < 4.78 is 11.0. The molecule has 1 aliphatic rings. The maximum absolute atomic E-state index is 12.3. The van der Waals surface area contributed by atoms with Crippen LogP contribution in [0.2, 0.25) is 0 Å². The van der Waals surface area contributed by atoms with Crippen LogP contribution in [-0.2, 0) is 11.3 Å². The summed E-state index contributed by atoms with van der Waals surface area (Å²) in [7, 11) is 0. The molecule has 0 aliphatic carbocycles. The van der Waals surface area contributed by atoms with Crippen molar-refractivity contribution < 1.29 is 19.1 Å². The summed E-state index contributed by atoms with van der Waals surface area (Å²) in [6.45, 7) is 3.55. The number of aryl methyl sites for hydroxylation is 1. The van der Waals surface area contributed by atoms with Gasteiger partial charge < -0.3 is 14.8 Å². The number of carbonyl (C=O) groups is 2. The zero-order valence-corrected chi connectivity index (χ0v) is 14.9. The first-order valence-electron chi connectivity index (χ1n) is 8.87. The van der Waals surface area contributed by atoms with Gasteiger partial charge in [0.2, 0.25) is 5.91 Å². The van der Waals surface area contributed by atoms with Crippen LogP contribution in [-0.4, -0.2) is 24.9 Å². The maximum Gasteiger partial charge on any atom is 0.220 e. The van der Waals surface area contributed by atoms with Gasteiger partial charge in [-0.3, -0.25) is 9.59 Å². The molecule has 5 heteroatoms. The van der Waals surface area contributed by atoms with E-state index in [1.807, 2.05) is 31.2 Å². The number of ketones is 1. The molecule has 2 aromatic carbocycles. The van der Waals surface area contributed by atoms with Crippen LogP contribution in [0.1, 0.15) is 40.7 Å². The normalized spacial score (nSPS) is 12.5. The second kappa shape index (κ2) is 8.52. The van der Waals surface area contributed by atoms with Gasteiger partial charge in [-0.2, -0.15) is 0 Å². The maximum atomic E-state index is 12.3. The van der Waals surface area contributed by atoms with E-state index < -0.39 is 0 Å². The van der Waals surface area contributed by atoms with E-state index >= 15 is 0 Å². The van der Waals surface area contributed by atoms with Crippen LogP contribution < -0.4 is 14.8 Å². The van der Waals surface area contributed by atoms with Crippen molar-refractivity contribution in [2.45, 2.75) is 32.7 Å². The molecule has 0 saturated heterocycles. The van der Waals surface area contributed by atoms with Gasteiger partial charge in [-0.1, -0.05) is 24.3 Å². The Labute approximate surface area is 153 Å². The number of benzene rings is 2. The van der Waals surface area contributed by atoms with Crippen molar-refractivity contribution in [1.82, 2.24) is 5.32 Å². The molecule has 0 aromatic heterocycles. The van der Waals surface area contributed by atoms with E-state index in [-0.39, 0.29) is 11.7 Å². The van der Waals surface area contributed by atoms with Gasteiger partial charge in [-0.05, 0) is 42.7 Å². The highest BCUT2D eigenvalue weighted by molar-refractivity contribution is 5.96. The molecule has 5 nitrogen and oxygen atoms in total. The number of rotatable bonds is 7. The standard InChI is InChI=1S/C21H23NO4/c1-15-5-2-3-6-17(15)14-22-21(24)8-4-7-18(23)16-9-10-19-20(13-16)26-12-11-25-19/h2-3,5-6,9-10,13H,4,7-8,11-12,14H2,1H3,(H,22,24). The Hall–Kier alpha value is -2.82. The van der Waals surface area contributed by atoms with E-state index in [1.54, 1.807) is 18.2 Å². The molecule has 0 bridgehead atoms. The number of hydrogen-bond donors (Lipinski definition) is 1. The Morgan fingerprint density at radius 3 is 2.58 bits per heavy atom. The molecule has 1 heterocycles. The average Bonchev–Trinajstić information content (AvgIpc) is 2.67. The summed E-state index contributed by atoms with van der Waals surface area (Å²) in [5, 5.41) is 2.91. The first-order chi connectivity index (χ1) is 12.6. The van der Waals surface area contributed by atoms with Crippen molar-refractivity contribution >= 4 is 11.7 Å². The monoisotopic (exact) mass is 353 g/mol. The van der Waals surface area contributed by atoms with Crippen molar-refractivity contribution in [3.8, 4) is 11.5 Å². The third-order valence-electron chi connectivity index (χ3n) is 4.41. The molecule has 26 heavy (non-hydrogen) atoms. The number of fused-ring (bicyclic) bond motifs is 1. The van der Waals surface area contributed by atoms with Crippen LogP contribution in [0.25, 0.3) is 0 Å². The van der Waals surface area contributed by atoms with Crippen LogP contribution in [0.4, 0.5) is 0 Å². The summed E-state index contributed by atoms with van der Waals surface area (Å²) in [5.41, 5.74) is 2.85. The lowest BCUT2D eigenvalue weighted by Crippen LogP contribution is -2.23. The lowest BCUT2D eigenvalue weighted by Gasteiger charge is -2.18. The molecule has 0 radical (unpaired) electrons. The minimum Gasteiger partial charge on any atom is -0.486 e. The van der Waals surface area contributed by atoms with Crippen LogP contribution in [0.15, 0.2) is 42.5 Å². The number of nitrogens with one attached hydrogen (secondary N) is 1. The minimum absolute atomic E-state index is 0.00803. The second-order valence-electron chi connectivity index (χ2n) is 6.34. The van der Waals surface area contributed by atoms with Crippen molar-refractivity contribution in [1.29, 1.82) is 0 Å². The summed E-state index contributed by atoms with van der Waals surface area (Å²) in [4.78, 5) is 24.3. The van der Waals surface area contributed by atoms with Crippen LogP contribution in [0, 0.1) is 6.92 Å². The van der Waals surface area contributed by atoms with Gasteiger partial charge >= 0.3 is 0 Å². The lowest BCUT2D eigenvalue weighted by molar-refractivity contribution is -0.121. The Morgan fingerprint density at radius 1 is 1.00 bits per heavy atom.